The van der Waals surface area contributed by atoms with Crippen LogP contribution in [-0.2, 0) is 12.8 Å². The quantitative estimate of drug-likeness (QED) is 0.838. The number of nitrogens with zero attached hydrogens (tertiary/aromatic N) is 2. The van der Waals surface area contributed by atoms with E-state index < -0.39 is 0 Å². The molecule has 4 rings (SSSR count). The van der Waals surface area contributed by atoms with E-state index in [1.54, 1.807) is 0 Å². The zero-order valence-electron chi connectivity index (χ0n) is 11.0. The minimum absolute atomic E-state index is 0.310. The predicted octanol–water partition coefficient (Wildman–Crippen LogP) is 2.40. The minimum atomic E-state index is 0.310. The van der Waals surface area contributed by atoms with Gasteiger partial charge in [-0.05, 0) is 36.2 Å². The summed E-state index contributed by atoms with van der Waals surface area (Å²) in [6.45, 7) is 1.14. The van der Waals surface area contributed by atoms with Gasteiger partial charge in [0.1, 0.15) is 0 Å². The zero-order chi connectivity index (χ0) is 13.4. The maximum Gasteiger partial charge on any atom is 0.231 e. The number of fused-ring (bicyclic) bond motifs is 2. The zero-order valence-corrected chi connectivity index (χ0v) is 11.0. The molecule has 0 saturated heterocycles. The summed E-state index contributed by atoms with van der Waals surface area (Å²) in [6.07, 6.45) is 3.53. The fourth-order valence-electron chi connectivity index (χ4n) is 2.68. The molecule has 4 nitrogen and oxygen atoms in total. The van der Waals surface area contributed by atoms with Gasteiger partial charge in [0.05, 0.1) is 0 Å². The van der Waals surface area contributed by atoms with Gasteiger partial charge in [-0.3, -0.25) is 9.98 Å². The Bertz CT molecular complexity index is 680. The first-order valence-corrected chi connectivity index (χ1v) is 6.76. The summed E-state index contributed by atoms with van der Waals surface area (Å²) in [5.74, 6) is 1.67. The maximum atomic E-state index is 5.47. The van der Waals surface area contributed by atoms with E-state index >= 15 is 0 Å². The molecule has 0 aliphatic carbocycles. The second kappa shape index (κ2) is 4.63. The SMILES string of the molecule is c1ccc(CC2=NCCc3cc4c(cc32)OCO4)nc1. The highest BCUT2D eigenvalue weighted by atomic mass is 16.7. The van der Waals surface area contributed by atoms with E-state index in [0.29, 0.717) is 6.79 Å². The van der Waals surface area contributed by atoms with Crippen LogP contribution in [0.2, 0.25) is 0 Å². The van der Waals surface area contributed by atoms with E-state index in [-0.39, 0.29) is 0 Å². The average Bonchev–Trinajstić information content (AvgIpc) is 2.94. The molecule has 0 atom stereocenters. The Hall–Kier alpha value is -2.36. The van der Waals surface area contributed by atoms with E-state index in [4.69, 9.17) is 9.47 Å². The van der Waals surface area contributed by atoms with Crippen molar-refractivity contribution in [1.29, 1.82) is 0 Å². The van der Waals surface area contributed by atoms with Crippen LogP contribution in [0.15, 0.2) is 41.5 Å². The van der Waals surface area contributed by atoms with Gasteiger partial charge in [0.25, 0.3) is 0 Å². The Morgan fingerprint density at radius 2 is 2.00 bits per heavy atom. The molecule has 20 heavy (non-hydrogen) atoms. The summed E-state index contributed by atoms with van der Waals surface area (Å²) in [7, 11) is 0. The van der Waals surface area contributed by atoms with Crippen LogP contribution in [0.5, 0.6) is 11.5 Å². The molecule has 0 saturated carbocycles. The Morgan fingerprint density at radius 3 is 2.85 bits per heavy atom. The molecule has 0 N–H and O–H groups in total. The summed E-state index contributed by atoms with van der Waals surface area (Å²) >= 11 is 0. The van der Waals surface area contributed by atoms with Crippen molar-refractivity contribution >= 4 is 5.71 Å². The van der Waals surface area contributed by atoms with Crippen LogP contribution < -0.4 is 9.47 Å². The lowest BCUT2D eigenvalue weighted by Crippen LogP contribution is -2.15. The highest BCUT2D eigenvalue weighted by molar-refractivity contribution is 6.04. The molecule has 0 fully saturated rings. The van der Waals surface area contributed by atoms with Gasteiger partial charge in [-0.15, -0.1) is 0 Å². The number of benzene rings is 1. The predicted molar refractivity (Wildman–Crippen MR) is 75.6 cm³/mol. The molecule has 4 heteroatoms. The molecule has 0 bridgehead atoms. The number of ether oxygens (including phenoxy) is 2. The molecule has 0 unspecified atom stereocenters. The van der Waals surface area contributed by atoms with Crippen molar-refractivity contribution in [3.8, 4) is 11.5 Å². The van der Waals surface area contributed by atoms with Crippen molar-refractivity contribution in [2.75, 3.05) is 13.3 Å². The highest BCUT2D eigenvalue weighted by Gasteiger charge is 2.21. The van der Waals surface area contributed by atoms with Crippen molar-refractivity contribution in [3.05, 3.63) is 53.3 Å². The fourth-order valence-corrected chi connectivity index (χ4v) is 2.68. The molecule has 100 valence electrons. The lowest BCUT2D eigenvalue weighted by Gasteiger charge is -2.17. The van der Waals surface area contributed by atoms with E-state index in [9.17, 15) is 0 Å². The van der Waals surface area contributed by atoms with Gasteiger partial charge in [0.2, 0.25) is 6.79 Å². The van der Waals surface area contributed by atoms with Gasteiger partial charge >= 0.3 is 0 Å². The van der Waals surface area contributed by atoms with Crippen LogP contribution in [0.25, 0.3) is 0 Å². The Labute approximate surface area is 117 Å². The molecule has 0 amide bonds. The Morgan fingerprint density at radius 1 is 1.10 bits per heavy atom. The van der Waals surface area contributed by atoms with Gasteiger partial charge in [0.15, 0.2) is 11.5 Å². The molecule has 3 heterocycles. The lowest BCUT2D eigenvalue weighted by atomic mass is 9.94. The summed E-state index contributed by atoms with van der Waals surface area (Å²) < 4.78 is 10.9. The first-order chi connectivity index (χ1) is 9.90. The third-order valence-electron chi connectivity index (χ3n) is 3.67. The van der Waals surface area contributed by atoms with Gasteiger partial charge in [0, 0.05) is 36.1 Å². The van der Waals surface area contributed by atoms with Crippen molar-refractivity contribution in [3.63, 3.8) is 0 Å². The molecule has 2 aliphatic rings. The monoisotopic (exact) mass is 266 g/mol. The molecule has 1 aromatic heterocycles. The number of pyridine rings is 1. The van der Waals surface area contributed by atoms with Gasteiger partial charge in [-0.25, -0.2) is 0 Å². The van der Waals surface area contributed by atoms with Crippen LogP contribution in [0, 0.1) is 0 Å². The second-order valence-electron chi connectivity index (χ2n) is 4.94. The number of hydrogen-bond acceptors (Lipinski definition) is 4. The van der Waals surface area contributed by atoms with Crippen LogP contribution in [0.3, 0.4) is 0 Å². The van der Waals surface area contributed by atoms with Gasteiger partial charge < -0.3 is 9.47 Å². The van der Waals surface area contributed by atoms with E-state index in [2.05, 4.69) is 22.1 Å². The molecule has 2 aromatic rings. The third-order valence-corrected chi connectivity index (χ3v) is 3.67. The molecule has 0 radical (unpaired) electrons. The molecule has 1 aromatic carbocycles. The van der Waals surface area contributed by atoms with Crippen molar-refractivity contribution < 1.29 is 9.47 Å². The van der Waals surface area contributed by atoms with Crippen molar-refractivity contribution in [1.82, 2.24) is 4.98 Å². The fraction of sp³-hybridized carbons (Fsp3) is 0.250. The number of aromatic nitrogens is 1. The van der Waals surface area contributed by atoms with Gasteiger partial charge in [-0.1, -0.05) is 6.07 Å². The van der Waals surface area contributed by atoms with Gasteiger partial charge in [-0.2, -0.15) is 0 Å². The lowest BCUT2D eigenvalue weighted by molar-refractivity contribution is 0.174. The van der Waals surface area contributed by atoms with Crippen LogP contribution in [0.4, 0.5) is 0 Å². The summed E-state index contributed by atoms with van der Waals surface area (Å²) in [5, 5.41) is 0. The first kappa shape index (κ1) is 11.5. The topological polar surface area (TPSA) is 43.7 Å². The van der Waals surface area contributed by atoms with Crippen LogP contribution >= 0.6 is 0 Å². The van der Waals surface area contributed by atoms with Crippen LogP contribution in [-0.4, -0.2) is 24.0 Å². The van der Waals surface area contributed by atoms with E-state index in [0.717, 1.165) is 42.3 Å². The molecular weight excluding hydrogens is 252 g/mol. The smallest absolute Gasteiger partial charge is 0.231 e. The Balaban J connectivity index is 1.71. The van der Waals surface area contributed by atoms with Crippen molar-refractivity contribution in [2.24, 2.45) is 4.99 Å². The average molecular weight is 266 g/mol. The number of rotatable bonds is 2. The summed E-state index contributed by atoms with van der Waals surface area (Å²) in [5.41, 5.74) is 4.58. The van der Waals surface area contributed by atoms with E-state index in [1.165, 1.54) is 11.1 Å². The normalized spacial score (nSPS) is 15.7. The summed E-state index contributed by atoms with van der Waals surface area (Å²) in [6, 6.07) is 10.1. The molecule has 0 spiro atoms. The number of aliphatic imine (C=N–C) groups is 1. The number of hydrogen-bond donors (Lipinski definition) is 0. The highest BCUT2D eigenvalue weighted by Crippen LogP contribution is 2.36. The van der Waals surface area contributed by atoms with E-state index in [1.807, 2.05) is 24.4 Å². The largest absolute Gasteiger partial charge is 0.454 e. The maximum absolute atomic E-state index is 5.47. The first-order valence-electron chi connectivity index (χ1n) is 6.76. The molecular formula is C16H14N2O2. The van der Waals surface area contributed by atoms with Crippen molar-refractivity contribution in [2.45, 2.75) is 12.8 Å². The second-order valence-corrected chi connectivity index (χ2v) is 4.94. The van der Waals surface area contributed by atoms with Crippen LogP contribution in [0.1, 0.15) is 16.8 Å². The third kappa shape index (κ3) is 1.93. The minimum Gasteiger partial charge on any atom is -0.454 e. The molecule has 2 aliphatic heterocycles. The summed E-state index contributed by atoms with van der Waals surface area (Å²) in [4.78, 5) is 9.05. The standard InChI is InChI=1S/C16H14N2O2/c1-2-5-17-12(3-1)8-14-13-9-16-15(19-10-20-16)7-11(13)4-6-18-14/h1-3,5,7,9H,4,6,8,10H2. The Kier molecular flexibility index (Phi) is 2.66.